The van der Waals surface area contributed by atoms with E-state index < -0.39 is 20.1 Å². The molecule has 37 heavy (non-hydrogen) atoms. The van der Waals surface area contributed by atoms with E-state index in [4.69, 9.17) is 9.16 Å². The normalized spacial score (nSPS) is 18.8. The van der Waals surface area contributed by atoms with Gasteiger partial charge in [0, 0.05) is 28.5 Å². The number of hydrogen-bond acceptors (Lipinski definition) is 7. The van der Waals surface area contributed by atoms with Crippen molar-refractivity contribution in [3.63, 3.8) is 0 Å². The molecule has 2 heterocycles. The third-order valence-corrected chi connectivity index (χ3v) is 12.3. The lowest BCUT2D eigenvalue weighted by Gasteiger charge is -2.36. The first-order valence-corrected chi connectivity index (χ1v) is 15.7. The molecule has 2 aromatic rings. The maximum absolute atomic E-state index is 13.9. The number of ether oxygens (including phenoxy) is 1. The molecule has 0 amide bonds. The third-order valence-electron chi connectivity index (χ3n) is 6.92. The van der Waals surface area contributed by atoms with Gasteiger partial charge in [-0.25, -0.2) is 4.98 Å². The second kappa shape index (κ2) is 11.3. The first-order valence-electron chi connectivity index (χ1n) is 12.0. The Morgan fingerprint density at radius 2 is 1.97 bits per heavy atom. The Bertz CT molecular complexity index is 1160. The predicted octanol–water partition coefficient (Wildman–Crippen LogP) is 7.17. The molecule has 3 rings (SSSR count). The minimum atomic E-state index is -4.57. The van der Waals surface area contributed by atoms with Gasteiger partial charge in [-0.05, 0) is 65.1 Å². The van der Waals surface area contributed by atoms with Crippen LogP contribution in [0.15, 0.2) is 22.8 Å². The summed E-state index contributed by atoms with van der Waals surface area (Å²) in [4.78, 5) is 8.73. The summed E-state index contributed by atoms with van der Waals surface area (Å²) in [5.74, 6) is 0.386. The molecule has 1 aliphatic rings. The molecule has 202 valence electrons. The Morgan fingerprint density at radius 3 is 2.59 bits per heavy atom. The molecule has 0 saturated carbocycles. The smallest absolute Gasteiger partial charge is 0.413 e. The van der Waals surface area contributed by atoms with Crippen molar-refractivity contribution in [2.24, 2.45) is 5.92 Å². The molecule has 0 bridgehead atoms. The standard InChI is InChI=1S/C25H33BrF3N5O2Si/c1-15-12-31-23(34-22(15)33-20-14-35-8-7-16(20)11-30)32-18-9-17(13-36-37(5,6)24(2,3)4)21(26)19(10-18)25(27,28)29/h9-10,12,16,20H,7-8,13-14H2,1-6H3,(H2,31,32,33,34)/t16?,20-/m0/s1. The summed E-state index contributed by atoms with van der Waals surface area (Å²) in [6.45, 7) is 13.1. The van der Waals surface area contributed by atoms with Crippen molar-refractivity contribution in [3.8, 4) is 6.07 Å². The Morgan fingerprint density at radius 1 is 1.27 bits per heavy atom. The maximum Gasteiger partial charge on any atom is 0.417 e. The van der Waals surface area contributed by atoms with Crippen LogP contribution in [0.2, 0.25) is 18.1 Å². The molecule has 1 saturated heterocycles. The number of hydrogen-bond donors (Lipinski definition) is 2. The molecule has 7 nitrogen and oxygen atoms in total. The van der Waals surface area contributed by atoms with Gasteiger partial charge >= 0.3 is 6.18 Å². The molecule has 2 N–H and O–H groups in total. The van der Waals surface area contributed by atoms with Gasteiger partial charge in [-0.2, -0.15) is 23.4 Å². The van der Waals surface area contributed by atoms with Gasteiger partial charge < -0.3 is 19.8 Å². The molecule has 0 radical (unpaired) electrons. The lowest BCUT2D eigenvalue weighted by Crippen LogP contribution is -2.40. The molecular formula is C25H33BrF3N5O2Si. The number of aromatic nitrogens is 2. The van der Waals surface area contributed by atoms with Gasteiger partial charge in [0.15, 0.2) is 8.32 Å². The number of nitrogens with zero attached hydrogens (tertiary/aromatic N) is 3. The van der Waals surface area contributed by atoms with Crippen molar-refractivity contribution in [2.75, 3.05) is 23.8 Å². The first-order chi connectivity index (χ1) is 17.1. The number of anilines is 3. The van der Waals surface area contributed by atoms with E-state index in [9.17, 15) is 18.4 Å². The minimum Gasteiger partial charge on any atom is -0.413 e. The number of benzene rings is 1. The summed E-state index contributed by atoms with van der Waals surface area (Å²) < 4.78 is 53.3. The highest BCUT2D eigenvalue weighted by Gasteiger charge is 2.38. The molecule has 1 fully saturated rings. The highest BCUT2D eigenvalue weighted by atomic mass is 79.9. The second-order valence-electron chi connectivity index (χ2n) is 10.7. The summed E-state index contributed by atoms with van der Waals surface area (Å²) in [5, 5.41) is 15.5. The van der Waals surface area contributed by atoms with Crippen LogP contribution in [0.4, 0.5) is 30.6 Å². The van der Waals surface area contributed by atoms with Gasteiger partial charge in [0.2, 0.25) is 5.95 Å². The van der Waals surface area contributed by atoms with Crippen molar-refractivity contribution in [1.82, 2.24) is 9.97 Å². The van der Waals surface area contributed by atoms with Crippen LogP contribution in [0.3, 0.4) is 0 Å². The fraction of sp³-hybridized carbons (Fsp3) is 0.560. The monoisotopic (exact) mass is 599 g/mol. The molecule has 1 unspecified atom stereocenters. The van der Waals surface area contributed by atoms with E-state index in [-0.39, 0.29) is 39.7 Å². The van der Waals surface area contributed by atoms with Gasteiger partial charge in [-0.1, -0.05) is 20.8 Å². The van der Waals surface area contributed by atoms with E-state index in [1.807, 2.05) is 6.92 Å². The Labute approximate surface area is 225 Å². The summed E-state index contributed by atoms with van der Waals surface area (Å²) >= 11 is 3.15. The predicted molar refractivity (Wildman–Crippen MR) is 143 cm³/mol. The zero-order valence-corrected chi connectivity index (χ0v) is 24.5. The average molecular weight is 601 g/mol. The van der Waals surface area contributed by atoms with Gasteiger partial charge in [0.05, 0.1) is 36.8 Å². The fourth-order valence-electron chi connectivity index (χ4n) is 3.53. The first kappa shape index (κ1) is 29.4. The quantitative estimate of drug-likeness (QED) is 0.326. The van der Waals surface area contributed by atoms with Crippen LogP contribution in [0, 0.1) is 24.2 Å². The highest BCUT2D eigenvalue weighted by Crippen LogP contribution is 2.41. The van der Waals surface area contributed by atoms with Crippen molar-refractivity contribution in [3.05, 3.63) is 39.5 Å². The van der Waals surface area contributed by atoms with E-state index in [1.54, 1.807) is 12.3 Å². The lowest BCUT2D eigenvalue weighted by molar-refractivity contribution is -0.138. The number of aryl methyl sites for hydroxylation is 1. The fourth-order valence-corrected chi connectivity index (χ4v) is 5.05. The third kappa shape index (κ3) is 7.22. The summed E-state index contributed by atoms with van der Waals surface area (Å²) in [6.07, 6.45) is -2.38. The summed E-state index contributed by atoms with van der Waals surface area (Å²) in [5.41, 5.74) is 0.495. The SMILES string of the molecule is Cc1cnc(Nc2cc(CO[Si](C)(C)C(C)(C)C)c(Br)c(C(F)(F)F)c2)nc1N[C@H]1COCCC1C#N. The van der Waals surface area contributed by atoms with E-state index >= 15 is 0 Å². The molecule has 0 aliphatic carbocycles. The molecule has 0 spiro atoms. The van der Waals surface area contributed by atoms with Crippen LogP contribution < -0.4 is 10.6 Å². The van der Waals surface area contributed by atoms with Gasteiger partial charge in [0.25, 0.3) is 0 Å². The number of nitriles is 1. The highest BCUT2D eigenvalue weighted by molar-refractivity contribution is 9.10. The van der Waals surface area contributed by atoms with Crippen molar-refractivity contribution < 1.29 is 22.3 Å². The van der Waals surface area contributed by atoms with E-state index in [1.165, 1.54) is 0 Å². The second-order valence-corrected chi connectivity index (χ2v) is 16.3. The number of rotatable bonds is 7. The largest absolute Gasteiger partial charge is 0.417 e. The topological polar surface area (TPSA) is 92.1 Å². The lowest BCUT2D eigenvalue weighted by atomic mass is 9.96. The molecular weight excluding hydrogens is 567 g/mol. The van der Waals surface area contributed by atoms with E-state index in [0.717, 1.165) is 11.6 Å². The molecule has 1 aliphatic heterocycles. The van der Waals surface area contributed by atoms with Crippen molar-refractivity contribution in [2.45, 2.75) is 71.1 Å². The van der Waals surface area contributed by atoms with Crippen LogP contribution in [0.5, 0.6) is 0 Å². The Kier molecular flexibility index (Phi) is 8.94. The van der Waals surface area contributed by atoms with E-state index in [2.05, 4.69) is 76.5 Å². The number of halogens is 4. The van der Waals surface area contributed by atoms with E-state index in [0.29, 0.717) is 31.0 Å². The Balaban J connectivity index is 1.90. The maximum atomic E-state index is 13.9. The molecule has 1 aromatic heterocycles. The van der Waals surface area contributed by atoms with Crippen LogP contribution in [-0.2, 0) is 21.9 Å². The van der Waals surface area contributed by atoms with Crippen LogP contribution >= 0.6 is 15.9 Å². The minimum absolute atomic E-state index is 0.0362. The number of alkyl halides is 3. The van der Waals surface area contributed by atoms with Crippen molar-refractivity contribution in [1.29, 1.82) is 5.26 Å². The van der Waals surface area contributed by atoms with Crippen LogP contribution in [0.1, 0.15) is 43.9 Å². The summed E-state index contributed by atoms with van der Waals surface area (Å²) in [7, 11) is -2.20. The molecule has 12 heteroatoms. The van der Waals surface area contributed by atoms with Gasteiger partial charge in [-0.3, -0.25) is 0 Å². The zero-order valence-electron chi connectivity index (χ0n) is 21.9. The molecule has 2 atom stereocenters. The van der Waals surface area contributed by atoms with Crippen LogP contribution in [0.25, 0.3) is 0 Å². The molecule has 1 aromatic carbocycles. The van der Waals surface area contributed by atoms with Gasteiger partial charge in [0.1, 0.15) is 5.82 Å². The number of nitrogens with one attached hydrogen (secondary N) is 2. The average Bonchev–Trinajstić information content (AvgIpc) is 2.80. The Hall–Kier alpha value is -2.20. The van der Waals surface area contributed by atoms with Gasteiger partial charge in [-0.15, -0.1) is 0 Å². The van der Waals surface area contributed by atoms with Crippen molar-refractivity contribution >= 4 is 41.7 Å². The summed E-state index contributed by atoms with van der Waals surface area (Å²) in [6, 6.07) is 4.68. The zero-order chi connectivity index (χ0) is 27.6. The van der Waals surface area contributed by atoms with Crippen LogP contribution in [-0.4, -0.2) is 37.5 Å².